The smallest absolute Gasteiger partial charge is 0.387 e. The largest absolute Gasteiger partial charge is 0.454 e. The highest BCUT2D eigenvalue weighted by Crippen LogP contribution is 2.15. The van der Waals surface area contributed by atoms with E-state index in [1.165, 1.54) is 30.3 Å². The fourth-order valence-electron chi connectivity index (χ4n) is 1.82. The molecule has 0 aliphatic rings. The highest BCUT2D eigenvalue weighted by molar-refractivity contribution is 5.99. The van der Waals surface area contributed by atoms with Crippen molar-refractivity contribution in [2.45, 2.75) is 6.61 Å². The third-order valence-corrected chi connectivity index (χ3v) is 2.96. The third-order valence-electron chi connectivity index (χ3n) is 2.96. The first-order valence-electron chi connectivity index (χ1n) is 7.02. The Balaban J connectivity index is 1.84. The van der Waals surface area contributed by atoms with Crippen LogP contribution in [-0.4, -0.2) is 25.0 Å². The molecule has 4 nitrogen and oxygen atoms in total. The molecular formula is C18H14F2O4. The normalized spacial score (nSPS) is 10.8. The van der Waals surface area contributed by atoms with E-state index < -0.39 is 25.0 Å². The molecule has 124 valence electrons. The maximum absolute atomic E-state index is 12.0. The van der Waals surface area contributed by atoms with Gasteiger partial charge in [0, 0.05) is 11.6 Å². The Labute approximate surface area is 137 Å². The SMILES string of the molecule is O=C(/C=C/c1ccccc1)OCC(=O)c1ccc(OC(F)F)cc1. The van der Waals surface area contributed by atoms with E-state index in [1.807, 2.05) is 30.3 Å². The molecule has 0 radical (unpaired) electrons. The zero-order chi connectivity index (χ0) is 17.4. The van der Waals surface area contributed by atoms with Crippen LogP contribution >= 0.6 is 0 Å². The number of Topliss-reactive ketones (excluding diaryl/α,β-unsaturated/α-hetero) is 1. The molecule has 0 saturated heterocycles. The Hall–Kier alpha value is -3.02. The van der Waals surface area contributed by atoms with Gasteiger partial charge in [-0.25, -0.2) is 4.79 Å². The van der Waals surface area contributed by atoms with Crippen molar-refractivity contribution in [1.82, 2.24) is 0 Å². The van der Waals surface area contributed by atoms with Crippen LogP contribution in [0.3, 0.4) is 0 Å². The molecule has 0 saturated carbocycles. The van der Waals surface area contributed by atoms with Gasteiger partial charge in [0.1, 0.15) is 5.75 Å². The van der Waals surface area contributed by atoms with Gasteiger partial charge >= 0.3 is 12.6 Å². The predicted molar refractivity (Wildman–Crippen MR) is 83.8 cm³/mol. The minimum Gasteiger partial charge on any atom is -0.454 e. The van der Waals surface area contributed by atoms with Gasteiger partial charge in [-0.1, -0.05) is 30.3 Å². The fourth-order valence-corrected chi connectivity index (χ4v) is 1.82. The van der Waals surface area contributed by atoms with E-state index in [4.69, 9.17) is 4.74 Å². The number of benzene rings is 2. The molecule has 0 aromatic heterocycles. The standard InChI is InChI=1S/C18H14F2O4/c19-18(20)24-15-9-7-14(8-10-15)16(21)12-23-17(22)11-6-13-4-2-1-3-5-13/h1-11,18H,12H2/b11-6+. The van der Waals surface area contributed by atoms with Gasteiger partial charge in [0.2, 0.25) is 0 Å². The number of hydrogen-bond donors (Lipinski definition) is 0. The van der Waals surface area contributed by atoms with Gasteiger partial charge in [-0.2, -0.15) is 8.78 Å². The number of esters is 1. The summed E-state index contributed by atoms with van der Waals surface area (Å²) >= 11 is 0. The van der Waals surface area contributed by atoms with Crippen molar-refractivity contribution < 1.29 is 27.8 Å². The fraction of sp³-hybridized carbons (Fsp3) is 0.111. The van der Waals surface area contributed by atoms with Crippen LogP contribution in [0.15, 0.2) is 60.7 Å². The average Bonchev–Trinajstić information content (AvgIpc) is 2.59. The van der Waals surface area contributed by atoms with Gasteiger partial charge in [0.05, 0.1) is 0 Å². The summed E-state index contributed by atoms with van der Waals surface area (Å²) in [6.07, 6.45) is 2.80. The van der Waals surface area contributed by atoms with Crippen LogP contribution in [0.2, 0.25) is 0 Å². The zero-order valence-electron chi connectivity index (χ0n) is 12.5. The van der Waals surface area contributed by atoms with Crippen LogP contribution < -0.4 is 4.74 Å². The Morgan fingerprint density at radius 2 is 1.67 bits per heavy atom. The maximum Gasteiger partial charge on any atom is 0.387 e. The van der Waals surface area contributed by atoms with E-state index in [1.54, 1.807) is 6.08 Å². The summed E-state index contributed by atoms with van der Waals surface area (Å²) in [6.45, 7) is -3.36. The predicted octanol–water partition coefficient (Wildman–Crippen LogP) is 3.73. The lowest BCUT2D eigenvalue weighted by molar-refractivity contribution is -0.136. The first-order chi connectivity index (χ1) is 11.5. The van der Waals surface area contributed by atoms with Crippen molar-refractivity contribution >= 4 is 17.8 Å². The summed E-state index contributed by atoms with van der Waals surface area (Å²) < 4.78 is 33.1. The number of halogens is 2. The third kappa shape index (κ3) is 5.64. The van der Waals surface area contributed by atoms with Crippen molar-refractivity contribution in [2.24, 2.45) is 0 Å². The Morgan fingerprint density at radius 3 is 2.29 bits per heavy atom. The van der Waals surface area contributed by atoms with Crippen molar-refractivity contribution in [1.29, 1.82) is 0 Å². The summed E-state index contributed by atoms with van der Waals surface area (Å²) in [7, 11) is 0. The molecular weight excluding hydrogens is 318 g/mol. The number of alkyl halides is 2. The van der Waals surface area contributed by atoms with Crippen molar-refractivity contribution in [3.8, 4) is 5.75 Å². The second-order valence-electron chi connectivity index (χ2n) is 4.68. The zero-order valence-corrected chi connectivity index (χ0v) is 12.5. The topological polar surface area (TPSA) is 52.6 Å². The molecule has 24 heavy (non-hydrogen) atoms. The number of hydrogen-bond acceptors (Lipinski definition) is 4. The van der Waals surface area contributed by atoms with Gasteiger partial charge in [-0.05, 0) is 35.9 Å². The van der Waals surface area contributed by atoms with E-state index >= 15 is 0 Å². The Kier molecular flexibility index (Phi) is 6.19. The van der Waals surface area contributed by atoms with Gasteiger partial charge in [-0.15, -0.1) is 0 Å². The first-order valence-corrected chi connectivity index (χ1v) is 7.02. The molecule has 2 rings (SSSR count). The Morgan fingerprint density at radius 1 is 1.00 bits per heavy atom. The average molecular weight is 332 g/mol. The molecule has 0 amide bonds. The Bertz CT molecular complexity index is 710. The van der Waals surface area contributed by atoms with E-state index in [-0.39, 0.29) is 11.3 Å². The number of ketones is 1. The molecule has 0 fully saturated rings. The van der Waals surface area contributed by atoms with Gasteiger partial charge in [0.25, 0.3) is 0 Å². The van der Waals surface area contributed by atoms with Crippen molar-refractivity contribution in [3.05, 3.63) is 71.8 Å². The highest BCUT2D eigenvalue weighted by Gasteiger charge is 2.10. The summed E-state index contributed by atoms with van der Waals surface area (Å²) in [5.41, 5.74) is 1.06. The lowest BCUT2D eigenvalue weighted by Crippen LogP contribution is -2.12. The second-order valence-corrected chi connectivity index (χ2v) is 4.68. The molecule has 0 aliphatic heterocycles. The minimum atomic E-state index is -2.93. The van der Waals surface area contributed by atoms with Gasteiger partial charge in [-0.3, -0.25) is 4.79 Å². The van der Waals surface area contributed by atoms with E-state index in [2.05, 4.69) is 4.74 Å². The first kappa shape index (κ1) is 17.3. The number of ether oxygens (including phenoxy) is 2. The number of carbonyl (C=O) groups is 2. The van der Waals surface area contributed by atoms with Gasteiger partial charge in [0.15, 0.2) is 12.4 Å². The molecule has 2 aromatic carbocycles. The number of carbonyl (C=O) groups excluding carboxylic acids is 2. The lowest BCUT2D eigenvalue weighted by Gasteiger charge is -2.05. The van der Waals surface area contributed by atoms with Crippen LogP contribution in [0.4, 0.5) is 8.78 Å². The molecule has 0 spiro atoms. The summed E-state index contributed by atoms with van der Waals surface area (Å²) in [5, 5.41) is 0. The minimum absolute atomic E-state index is 0.0515. The van der Waals surface area contributed by atoms with E-state index in [9.17, 15) is 18.4 Å². The molecule has 6 heteroatoms. The molecule has 0 unspecified atom stereocenters. The molecule has 0 heterocycles. The van der Waals surface area contributed by atoms with Crippen LogP contribution in [0.25, 0.3) is 6.08 Å². The van der Waals surface area contributed by atoms with Crippen molar-refractivity contribution in [3.63, 3.8) is 0 Å². The second kappa shape index (κ2) is 8.57. The highest BCUT2D eigenvalue weighted by atomic mass is 19.3. The quantitative estimate of drug-likeness (QED) is 0.440. The maximum atomic E-state index is 12.0. The molecule has 0 aliphatic carbocycles. The molecule has 0 N–H and O–H groups in total. The van der Waals surface area contributed by atoms with E-state index in [0.29, 0.717) is 0 Å². The van der Waals surface area contributed by atoms with Crippen LogP contribution in [0.1, 0.15) is 15.9 Å². The van der Waals surface area contributed by atoms with Gasteiger partial charge < -0.3 is 9.47 Å². The van der Waals surface area contributed by atoms with Crippen LogP contribution in [0, 0.1) is 0 Å². The van der Waals surface area contributed by atoms with Crippen LogP contribution in [-0.2, 0) is 9.53 Å². The summed E-state index contributed by atoms with van der Waals surface area (Å²) in [5.74, 6) is -1.14. The molecule has 0 atom stereocenters. The van der Waals surface area contributed by atoms with Crippen LogP contribution in [0.5, 0.6) is 5.75 Å². The summed E-state index contributed by atoms with van der Waals surface area (Å²) in [4.78, 5) is 23.4. The summed E-state index contributed by atoms with van der Waals surface area (Å²) in [6, 6.07) is 14.3. The van der Waals surface area contributed by atoms with E-state index in [0.717, 1.165) is 5.56 Å². The lowest BCUT2D eigenvalue weighted by atomic mass is 10.1. The van der Waals surface area contributed by atoms with Crippen molar-refractivity contribution in [2.75, 3.05) is 6.61 Å². The number of rotatable bonds is 7. The molecule has 2 aromatic rings. The monoisotopic (exact) mass is 332 g/mol. The molecule has 0 bridgehead atoms.